The van der Waals surface area contributed by atoms with E-state index in [0.717, 1.165) is 38.2 Å². The average Bonchev–Trinajstić information content (AvgIpc) is 3.12. The molecule has 3 heterocycles. The maximum absolute atomic E-state index is 12.2. The van der Waals surface area contributed by atoms with Crippen molar-refractivity contribution in [3.63, 3.8) is 0 Å². The number of hydrogen-bond donors (Lipinski definition) is 1. The zero-order chi connectivity index (χ0) is 16.0. The van der Waals surface area contributed by atoms with Crippen LogP contribution in [0.4, 0.5) is 5.82 Å². The molecular formula is C16H21N5O2. The fraction of sp³-hybridized carbons (Fsp3) is 0.625. The summed E-state index contributed by atoms with van der Waals surface area (Å²) >= 11 is 0. The summed E-state index contributed by atoms with van der Waals surface area (Å²) in [6, 6.07) is 0.198. The summed E-state index contributed by atoms with van der Waals surface area (Å²) in [6.45, 7) is 2.14. The van der Waals surface area contributed by atoms with E-state index in [0.29, 0.717) is 13.0 Å². The van der Waals surface area contributed by atoms with Crippen LogP contribution in [0.1, 0.15) is 24.1 Å². The molecular weight excluding hydrogens is 294 g/mol. The lowest BCUT2D eigenvalue weighted by Crippen LogP contribution is -2.60. The average molecular weight is 315 g/mol. The third-order valence-electron chi connectivity index (χ3n) is 5.23. The Labute approximate surface area is 135 Å². The van der Waals surface area contributed by atoms with Crippen LogP contribution < -0.4 is 10.2 Å². The Morgan fingerprint density at radius 1 is 1.26 bits per heavy atom. The van der Waals surface area contributed by atoms with E-state index in [2.05, 4.69) is 20.2 Å². The van der Waals surface area contributed by atoms with Gasteiger partial charge in [-0.15, -0.1) is 0 Å². The van der Waals surface area contributed by atoms with Crippen molar-refractivity contribution in [3.8, 4) is 0 Å². The minimum absolute atomic E-state index is 0.0364. The lowest BCUT2D eigenvalue weighted by Gasteiger charge is -2.45. The second-order valence-electron chi connectivity index (χ2n) is 6.60. The van der Waals surface area contributed by atoms with Crippen molar-refractivity contribution in [3.05, 3.63) is 17.6 Å². The van der Waals surface area contributed by atoms with E-state index in [1.165, 1.54) is 11.3 Å². The van der Waals surface area contributed by atoms with Crippen LogP contribution in [0.15, 0.2) is 6.33 Å². The minimum atomic E-state index is -0.204. The van der Waals surface area contributed by atoms with E-state index >= 15 is 0 Å². The lowest BCUT2D eigenvalue weighted by molar-refractivity contribution is -0.130. The predicted molar refractivity (Wildman–Crippen MR) is 83.9 cm³/mol. The molecule has 2 aliphatic heterocycles. The fourth-order valence-corrected chi connectivity index (χ4v) is 3.90. The Kier molecular flexibility index (Phi) is 3.43. The zero-order valence-corrected chi connectivity index (χ0v) is 13.3. The standard InChI is InChI=1S/C16H21N5O2/c1-17-16(23)10-5-14(22)21(6-10)11-7-20(8-11)15-12-3-2-4-13(12)18-9-19-15/h9-11H,2-8H2,1H3,(H,17,23). The minimum Gasteiger partial charge on any atom is -0.359 e. The molecule has 23 heavy (non-hydrogen) atoms. The highest BCUT2D eigenvalue weighted by molar-refractivity contribution is 5.89. The summed E-state index contributed by atoms with van der Waals surface area (Å²) < 4.78 is 0. The molecule has 1 aromatic rings. The van der Waals surface area contributed by atoms with Crippen molar-refractivity contribution in [1.29, 1.82) is 0 Å². The number of nitrogens with one attached hydrogen (secondary N) is 1. The summed E-state index contributed by atoms with van der Waals surface area (Å²) in [5.74, 6) is 0.893. The van der Waals surface area contributed by atoms with Crippen molar-refractivity contribution in [1.82, 2.24) is 20.2 Å². The quantitative estimate of drug-likeness (QED) is 0.832. The van der Waals surface area contributed by atoms with E-state index in [1.807, 2.05) is 4.90 Å². The molecule has 2 amide bonds. The molecule has 1 unspecified atom stereocenters. The number of anilines is 1. The smallest absolute Gasteiger partial charge is 0.225 e. The molecule has 7 nitrogen and oxygen atoms in total. The van der Waals surface area contributed by atoms with Crippen LogP contribution >= 0.6 is 0 Å². The maximum Gasteiger partial charge on any atom is 0.225 e. The first kappa shape index (κ1) is 14.4. The van der Waals surface area contributed by atoms with Crippen LogP contribution in [0, 0.1) is 5.92 Å². The van der Waals surface area contributed by atoms with Crippen molar-refractivity contribution in [2.24, 2.45) is 5.92 Å². The largest absolute Gasteiger partial charge is 0.359 e. The number of aromatic nitrogens is 2. The molecule has 0 bridgehead atoms. The number of rotatable bonds is 3. The first-order chi connectivity index (χ1) is 11.2. The zero-order valence-electron chi connectivity index (χ0n) is 13.3. The molecule has 4 rings (SSSR count). The monoisotopic (exact) mass is 315 g/mol. The van der Waals surface area contributed by atoms with Crippen LogP contribution in [0.2, 0.25) is 0 Å². The molecule has 2 fully saturated rings. The molecule has 1 aromatic heterocycles. The second-order valence-corrected chi connectivity index (χ2v) is 6.60. The molecule has 1 N–H and O–H groups in total. The Morgan fingerprint density at radius 3 is 2.87 bits per heavy atom. The third kappa shape index (κ3) is 2.34. The Morgan fingerprint density at radius 2 is 2.09 bits per heavy atom. The number of carbonyl (C=O) groups excluding carboxylic acids is 2. The van der Waals surface area contributed by atoms with Crippen molar-refractivity contribution < 1.29 is 9.59 Å². The number of hydrogen-bond acceptors (Lipinski definition) is 5. The van der Waals surface area contributed by atoms with Gasteiger partial charge >= 0.3 is 0 Å². The van der Waals surface area contributed by atoms with Gasteiger partial charge in [0.05, 0.1) is 12.0 Å². The highest BCUT2D eigenvalue weighted by Crippen LogP contribution is 2.33. The number of nitrogens with zero attached hydrogens (tertiary/aromatic N) is 4. The summed E-state index contributed by atoms with van der Waals surface area (Å²) in [5, 5.41) is 2.64. The van der Waals surface area contributed by atoms with E-state index in [9.17, 15) is 9.59 Å². The van der Waals surface area contributed by atoms with Crippen LogP contribution in [0.5, 0.6) is 0 Å². The number of carbonyl (C=O) groups is 2. The third-order valence-corrected chi connectivity index (χ3v) is 5.23. The van der Waals surface area contributed by atoms with Gasteiger partial charge < -0.3 is 15.1 Å². The lowest BCUT2D eigenvalue weighted by atomic mass is 10.1. The Balaban J connectivity index is 1.42. The van der Waals surface area contributed by atoms with Gasteiger partial charge in [0, 0.05) is 44.4 Å². The summed E-state index contributed by atoms with van der Waals surface area (Å²) in [4.78, 5) is 36.8. The first-order valence-electron chi connectivity index (χ1n) is 8.26. The molecule has 0 saturated carbocycles. The molecule has 3 aliphatic rings. The maximum atomic E-state index is 12.2. The normalized spacial score (nSPS) is 23.9. The topological polar surface area (TPSA) is 78.4 Å². The van der Waals surface area contributed by atoms with Crippen LogP contribution in [-0.4, -0.2) is 59.4 Å². The summed E-state index contributed by atoms with van der Waals surface area (Å²) in [7, 11) is 1.62. The van der Waals surface area contributed by atoms with Gasteiger partial charge in [-0.1, -0.05) is 0 Å². The predicted octanol–water partition coefficient (Wildman–Crippen LogP) is -0.252. The van der Waals surface area contributed by atoms with Crippen molar-refractivity contribution in [2.45, 2.75) is 31.7 Å². The van der Waals surface area contributed by atoms with Gasteiger partial charge in [-0.3, -0.25) is 9.59 Å². The van der Waals surface area contributed by atoms with Crippen LogP contribution in [0.3, 0.4) is 0 Å². The highest BCUT2D eigenvalue weighted by atomic mass is 16.2. The summed E-state index contributed by atoms with van der Waals surface area (Å²) in [5.41, 5.74) is 2.46. The molecule has 2 saturated heterocycles. The van der Waals surface area contributed by atoms with E-state index < -0.39 is 0 Å². The number of fused-ring (bicyclic) bond motifs is 1. The molecule has 0 spiro atoms. The van der Waals surface area contributed by atoms with Gasteiger partial charge in [-0.05, 0) is 19.3 Å². The van der Waals surface area contributed by atoms with Gasteiger partial charge in [0.25, 0.3) is 0 Å². The first-order valence-corrected chi connectivity index (χ1v) is 8.26. The Hall–Kier alpha value is -2.18. The second kappa shape index (κ2) is 5.47. The van der Waals surface area contributed by atoms with Gasteiger partial charge in [0.2, 0.25) is 11.8 Å². The van der Waals surface area contributed by atoms with Gasteiger partial charge in [-0.2, -0.15) is 0 Å². The Bertz CT molecular complexity index is 656. The van der Waals surface area contributed by atoms with E-state index in [1.54, 1.807) is 13.4 Å². The van der Waals surface area contributed by atoms with Crippen LogP contribution in [-0.2, 0) is 22.4 Å². The van der Waals surface area contributed by atoms with Crippen molar-refractivity contribution in [2.75, 3.05) is 31.6 Å². The number of likely N-dealkylation sites (tertiary alicyclic amines) is 1. The fourth-order valence-electron chi connectivity index (χ4n) is 3.90. The van der Waals surface area contributed by atoms with E-state index in [-0.39, 0.29) is 23.8 Å². The van der Waals surface area contributed by atoms with Crippen molar-refractivity contribution >= 4 is 17.6 Å². The number of aryl methyl sites for hydroxylation is 1. The molecule has 122 valence electrons. The van der Waals surface area contributed by atoms with Gasteiger partial charge in [-0.25, -0.2) is 9.97 Å². The molecule has 1 aliphatic carbocycles. The number of amides is 2. The molecule has 0 aromatic carbocycles. The van der Waals surface area contributed by atoms with Gasteiger partial charge in [0.15, 0.2) is 0 Å². The van der Waals surface area contributed by atoms with E-state index in [4.69, 9.17) is 0 Å². The highest BCUT2D eigenvalue weighted by Gasteiger charge is 2.43. The summed E-state index contributed by atoms with van der Waals surface area (Å²) in [6.07, 6.45) is 5.22. The molecule has 7 heteroatoms. The molecule has 1 atom stereocenters. The SMILES string of the molecule is CNC(=O)C1CC(=O)N(C2CN(c3ncnc4c3CCC4)C2)C1. The van der Waals surface area contributed by atoms with Crippen LogP contribution in [0.25, 0.3) is 0 Å². The van der Waals surface area contributed by atoms with Gasteiger partial charge in [0.1, 0.15) is 12.1 Å². The molecule has 0 radical (unpaired) electrons.